The van der Waals surface area contributed by atoms with Gasteiger partial charge in [0.25, 0.3) is 0 Å². The summed E-state index contributed by atoms with van der Waals surface area (Å²) in [4.78, 5) is 6.68. The average molecular weight is 357 g/mol. The minimum absolute atomic E-state index is 0.284. The monoisotopic (exact) mass is 357 g/mol. The third-order valence-electron chi connectivity index (χ3n) is 5.32. The van der Waals surface area contributed by atoms with Gasteiger partial charge in [0, 0.05) is 44.6 Å². The number of sulfonamides is 1. The number of fused-ring (bicyclic) bond motifs is 1. The minimum atomic E-state index is -3.43. The Morgan fingerprint density at radius 3 is 2.56 bits per heavy atom. The standard InChI is InChI=1S/C19H23N3O2S/c23-25(24,17-7-4-10-20-15-17)22-13-11-21(12-14-22)19-9-3-6-16-5-1-2-8-18(16)19/h1-2,4-5,7-8,10,15,19H,3,6,9,11-14H2/t19-/m1/s1. The fourth-order valence-corrected chi connectivity index (χ4v) is 5.40. The third kappa shape index (κ3) is 3.21. The van der Waals surface area contributed by atoms with Crippen molar-refractivity contribution in [3.63, 3.8) is 0 Å². The van der Waals surface area contributed by atoms with Crippen molar-refractivity contribution in [1.82, 2.24) is 14.2 Å². The van der Waals surface area contributed by atoms with Crippen LogP contribution in [0.2, 0.25) is 0 Å². The molecule has 2 aliphatic rings. The molecule has 1 aliphatic carbocycles. The predicted octanol–water partition coefficient (Wildman–Crippen LogP) is 2.47. The van der Waals surface area contributed by atoms with E-state index in [-0.39, 0.29) is 4.90 Å². The van der Waals surface area contributed by atoms with Gasteiger partial charge in [-0.2, -0.15) is 4.31 Å². The molecule has 5 nitrogen and oxygen atoms in total. The lowest BCUT2D eigenvalue weighted by Gasteiger charge is -2.41. The van der Waals surface area contributed by atoms with Crippen molar-refractivity contribution in [1.29, 1.82) is 0 Å². The first-order valence-electron chi connectivity index (χ1n) is 8.88. The maximum absolute atomic E-state index is 12.7. The fourth-order valence-electron chi connectivity index (χ4n) is 4.01. The molecule has 0 saturated carbocycles. The van der Waals surface area contributed by atoms with Crippen molar-refractivity contribution in [3.05, 3.63) is 59.9 Å². The fraction of sp³-hybridized carbons (Fsp3) is 0.421. The van der Waals surface area contributed by atoms with Crippen LogP contribution in [0.1, 0.15) is 30.0 Å². The Hall–Kier alpha value is -1.76. The molecule has 0 radical (unpaired) electrons. The SMILES string of the molecule is O=S(=O)(c1cccnc1)N1CCN([C@@H]2CCCc3ccccc32)CC1. The second kappa shape index (κ2) is 6.86. The van der Waals surface area contributed by atoms with E-state index < -0.39 is 10.0 Å². The Morgan fingerprint density at radius 1 is 1.00 bits per heavy atom. The zero-order valence-electron chi connectivity index (χ0n) is 14.2. The summed E-state index contributed by atoms with van der Waals surface area (Å²) in [5.41, 5.74) is 2.88. The van der Waals surface area contributed by atoms with E-state index in [0.29, 0.717) is 19.1 Å². The number of piperazine rings is 1. The second-order valence-electron chi connectivity index (χ2n) is 6.74. The summed E-state index contributed by atoms with van der Waals surface area (Å²) in [5, 5.41) is 0. The van der Waals surface area contributed by atoms with E-state index in [9.17, 15) is 8.42 Å². The van der Waals surface area contributed by atoms with E-state index >= 15 is 0 Å². The lowest BCUT2D eigenvalue weighted by Crippen LogP contribution is -2.50. The maximum Gasteiger partial charge on any atom is 0.244 e. The van der Waals surface area contributed by atoms with Crippen molar-refractivity contribution in [2.24, 2.45) is 0 Å². The molecule has 0 bridgehead atoms. The van der Waals surface area contributed by atoms with Gasteiger partial charge in [-0.3, -0.25) is 9.88 Å². The molecular weight excluding hydrogens is 334 g/mol. The van der Waals surface area contributed by atoms with Crippen LogP contribution in [0.5, 0.6) is 0 Å². The lowest BCUT2D eigenvalue weighted by molar-refractivity contribution is 0.125. The molecule has 2 heterocycles. The first kappa shape index (κ1) is 16.7. The number of rotatable bonds is 3. The van der Waals surface area contributed by atoms with Crippen molar-refractivity contribution in [2.75, 3.05) is 26.2 Å². The van der Waals surface area contributed by atoms with Gasteiger partial charge in [-0.25, -0.2) is 8.42 Å². The van der Waals surface area contributed by atoms with Crippen LogP contribution in [0, 0.1) is 0 Å². The molecule has 6 heteroatoms. The van der Waals surface area contributed by atoms with Crippen molar-refractivity contribution in [2.45, 2.75) is 30.2 Å². The van der Waals surface area contributed by atoms with Gasteiger partial charge in [0.2, 0.25) is 10.0 Å². The summed E-state index contributed by atoms with van der Waals surface area (Å²) in [6.45, 7) is 2.63. The summed E-state index contributed by atoms with van der Waals surface area (Å²) < 4.78 is 27.1. The molecule has 4 rings (SSSR count). The van der Waals surface area contributed by atoms with Gasteiger partial charge in [0.15, 0.2) is 0 Å². The molecule has 0 spiro atoms. The van der Waals surface area contributed by atoms with E-state index in [0.717, 1.165) is 25.9 Å². The highest BCUT2D eigenvalue weighted by atomic mass is 32.2. The molecule has 0 unspecified atom stereocenters. The number of nitrogens with zero attached hydrogens (tertiary/aromatic N) is 3. The number of hydrogen-bond donors (Lipinski definition) is 0. The van der Waals surface area contributed by atoms with E-state index in [1.165, 1.54) is 23.7 Å². The molecule has 0 N–H and O–H groups in total. The highest BCUT2D eigenvalue weighted by Crippen LogP contribution is 2.35. The van der Waals surface area contributed by atoms with Crippen LogP contribution in [0.15, 0.2) is 53.7 Å². The summed E-state index contributed by atoms with van der Waals surface area (Å²) in [7, 11) is -3.43. The van der Waals surface area contributed by atoms with Crippen LogP contribution in [0.3, 0.4) is 0 Å². The van der Waals surface area contributed by atoms with Gasteiger partial charge in [0.1, 0.15) is 4.90 Å². The first-order chi connectivity index (χ1) is 12.2. The molecule has 2 aromatic rings. The Labute approximate surface area is 149 Å². The van der Waals surface area contributed by atoms with Gasteiger partial charge in [-0.1, -0.05) is 24.3 Å². The Kier molecular flexibility index (Phi) is 4.58. The summed E-state index contributed by atoms with van der Waals surface area (Å²) in [6.07, 6.45) is 6.54. The Morgan fingerprint density at radius 2 is 1.80 bits per heavy atom. The zero-order chi connectivity index (χ0) is 17.3. The number of pyridine rings is 1. The van der Waals surface area contributed by atoms with Crippen molar-refractivity contribution in [3.8, 4) is 0 Å². The van der Waals surface area contributed by atoms with E-state index in [1.54, 1.807) is 22.6 Å². The molecule has 132 valence electrons. The number of aromatic nitrogens is 1. The smallest absolute Gasteiger partial charge is 0.244 e. The van der Waals surface area contributed by atoms with Crippen molar-refractivity contribution >= 4 is 10.0 Å². The van der Waals surface area contributed by atoms with Gasteiger partial charge < -0.3 is 0 Å². The van der Waals surface area contributed by atoms with E-state index in [2.05, 4.69) is 34.1 Å². The minimum Gasteiger partial charge on any atom is -0.294 e. The molecule has 1 atom stereocenters. The molecule has 1 aromatic heterocycles. The second-order valence-corrected chi connectivity index (χ2v) is 8.67. The van der Waals surface area contributed by atoms with Gasteiger partial charge in [-0.15, -0.1) is 0 Å². The molecule has 1 aromatic carbocycles. The topological polar surface area (TPSA) is 53.5 Å². The van der Waals surface area contributed by atoms with Gasteiger partial charge in [0.05, 0.1) is 0 Å². The normalized spacial score (nSPS) is 22.5. The molecule has 1 fully saturated rings. The molecule has 25 heavy (non-hydrogen) atoms. The zero-order valence-corrected chi connectivity index (χ0v) is 15.0. The molecule has 1 aliphatic heterocycles. The van der Waals surface area contributed by atoms with Crippen LogP contribution < -0.4 is 0 Å². The first-order valence-corrected chi connectivity index (χ1v) is 10.3. The summed E-state index contributed by atoms with van der Waals surface area (Å²) >= 11 is 0. The number of benzene rings is 1. The Bertz CT molecular complexity index is 831. The highest BCUT2D eigenvalue weighted by molar-refractivity contribution is 7.89. The van der Waals surface area contributed by atoms with Crippen LogP contribution in [-0.4, -0.2) is 48.8 Å². The number of hydrogen-bond acceptors (Lipinski definition) is 4. The third-order valence-corrected chi connectivity index (χ3v) is 7.21. The molecule has 0 amide bonds. The lowest BCUT2D eigenvalue weighted by atomic mass is 9.86. The predicted molar refractivity (Wildman–Crippen MR) is 96.7 cm³/mol. The van der Waals surface area contributed by atoms with E-state index in [4.69, 9.17) is 0 Å². The van der Waals surface area contributed by atoms with Gasteiger partial charge >= 0.3 is 0 Å². The average Bonchev–Trinajstić information content (AvgIpc) is 2.68. The van der Waals surface area contributed by atoms with Crippen molar-refractivity contribution < 1.29 is 8.42 Å². The summed E-state index contributed by atoms with van der Waals surface area (Å²) in [6, 6.07) is 12.4. The quantitative estimate of drug-likeness (QED) is 0.847. The van der Waals surface area contributed by atoms with Crippen LogP contribution in [0.25, 0.3) is 0 Å². The maximum atomic E-state index is 12.7. The highest BCUT2D eigenvalue weighted by Gasteiger charge is 2.33. The van der Waals surface area contributed by atoms with E-state index in [1.807, 2.05) is 0 Å². The van der Waals surface area contributed by atoms with Crippen LogP contribution >= 0.6 is 0 Å². The molecule has 1 saturated heterocycles. The van der Waals surface area contributed by atoms with Crippen LogP contribution in [-0.2, 0) is 16.4 Å². The number of aryl methyl sites for hydroxylation is 1. The molecular formula is C19H23N3O2S. The Balaban J connectivity index is 1.48. The van der Waals surface area contributed by atoms with Gasteiger partial charge in [-0.05, 0) is 42.5 Å². The summed E-state index contributed by atoms with van der Waals surface area (Å²) in [5.74, 6) is 0. The largest absolute Gasteiger partial charge is 0.294 e. The van der Waals surface area contributed by atoms with Crippen LogP contribution in [0.4, 0.5) is 0 Å².